The molecule has 186 valence electrons. The Morgan fingerprint density at radius 1 is 1.15 bits per heavy atom. The van der Waals surface area contributed by atoms with Crippen molar-refractivity contribution in [3.63, 3.8) is 0 Å². The van der Waals surface area contributed by atoms with E-state index in [4.69, 9.17) is 9.47 Å². The molecule has 0 aromatic heterocycles. The molecule has 0 N–H and O–H groups in total. The molecular weight excluding hydrogens is 415 g/mol. The van der Waals surface area contributed by atoms with E-state index in [1.165, 1.54) is 27.9 Å². The van der Waals surface area contributed by atoms with Gasteiger partial charge in [-0.1, -0.05) is 70.5 Å². The van der Waals surface area contributed by atoms with Gasteiger partial charge in [0.1, 0.15) is 11.5 Å². The van der Waals surface area contributed by atoms with Crippen LogP contribution in [0.1, 0.15) is 68.2 Å². The van der Waals surface area contributed by atoms with Crippen molar-refractivity contribution < 1.29 is 9.47 Å². The molecule has 0 saturated carbocycles. The topological polar surface area (TPSA) is 18.5 Å². The minimum Gasteiger partial charge on any atom is -0.501 e. The molecule has 0 aromatic rings. The molecule has 1 aliphatic rings. The lowest BCUT2D eigenvalue weighted by atomic mass is 9.37. The van der Waals surface area contributed by atoms with Crippen LogP contribution in [-0.2, 0) is 9.47 Å². The van der Waals surface area contributed by atoms with Crippen LogP contribution < -0.4 is 0 Å². The molecule has 0 aliphatic carbocycles. The van der Waals surface area contributed by atoms with E-state index in [9.17, 15) is 0 Å². The van der Waals surface area contributed by atoms with Crippen molar-refractivity contribution in [2.24, 2.45) is 5.92 Å². The Bertz CT molecular complexity index is 950. The Hall–Kier alpha value is -2.42. The van der Waals surface area contributed by atoms with Gasteiger partial charge in [-0.15, -0.1) is 5.98 Å². The Morgan fingerprint density at radius 3 is 2.24 bits per heavy atom. The van der Waals surface area contributed by atoms with Gasteiger partial charge in [-0.05, 0) is 86.7 Å². The standard InChI is InChI=1S/C31H47BO2/c1-13-22(6)18-28(26(15-3)16-17-29(34-12)23(7)14-2)31-24(8)19-27(20-32(31)10)30(21(4)5)25(9)33-11/h15-20,22,31H,4,13-14H2,1-3,5-12H3/b17-16-,26-15+,28-18-,29-23+,30-25+. The zero-order valence-electron chi connectivity index (χ0n) is 23.6. The van der Waals surface area contributed by atoms with E-state index in [0.29, 0.717) is 18.4 Å². The monoisotopic (exact) mass is 462 g/mol. The van der Waals surface area contributed by atoms with Crippen LogP contribution >= 0.6 is 0 Å². The maximum atomic E-state index is 5.66. The lowest BCUT2D eigenvalue weighted by molar-refractivity contribution is 0.290. The molecule has 3 heteroatoms. The van der Waals surface area contributed by atoms with Crippen molar-refractivity contribution in [3.05, 3.63) is 93.5 Å². The van der Waals surface area contributed by atoms with Crippen LogP contribution in [0, 0.1) is 5.92 Å². The predicted molar refractivity (Wildman–Crippen MR) is 152 cm³/mol. The zero-order valence-corrected chi connectivity index (χ0v) is 23.6. The first kappa shape index (κ1) is 29.6. The van der Waals surface area contributed by atoms with Crippen LogP contribution in [0.3, 0.4) is 0 Å². The first-order valence-corrected chi connectivity index (χ1v) is 12.7. The third-order valence-corrected chi connectivity index (χ3v) is 6.89. The van der Waals surface area contributed by atoms with Gasteiger partial charge in [-0.25, -0.2) is 0 Å². The number of rotatable bonds is 11. The second-order valence-corrected chi connectivity index (χ2v) is 9.55. The third-order valence-electron chi connectivity index (χ3n) is 6.89. The first-order valence-electron chi connectivity index (χ1n) is 12.7. The predicted octanol–water partition coefficient (Wildman–Crippen LogP) is 9.21. The van der Waals surface area contributed by atoms with Crippen molar-refractivity contribution in [1.29, 1.82) is 0 Å². The minimum absolute atomic E-state index is 0.310. The highest BCUT2D eigenvalue weighted by Gasteiger charge is 2.30. The second-order valence-electron chi connectivity index (χ2n) is 9.55. The Labute approximate surface area is 210 Å². The van der Waals surface area contributed by atoms with Gasteiger partial charge in [0.05, 0.1) is 14.2 Å². The Balaban J connectivity index is 3.59. The molecule has 0 fully saturated rings. The van der Waals surface area contributed by atoms with Crippen LogP contribution in [0.2, 0.25) is 12.6 Å². The van der Waals surface area contributed by atoms with Crippen molar-refractivity contribution >= 4 is 6.71 Å². The number of ether oxygens (including phenoxy) is 2. The summed E-state index contributed by atoms with van der Waals surface area (Å²) in [5.41, 5.74) is 8.60. The van der Waals surface area contributed by atoms with Gasteiger partial charge in [0, 0.05) is 5.57 Å². The molecule has 0 amide bonds. The van der Waals surface area contributed by atoms with Crippen molar-refractivity contribution in [1.82, 2.24) is 0 Å². The normalized spacial score (nSPS) is 19.9. The molecular formula is C31H47BO2. The smallest absolute Gasteiger partial charge is 0.176 e. The van der Waals surface area contributed by atoms with Gasteiger partial charge < -0.3 is 9.47 Å². The maximum Gasteiger partial charge on any atom is 0.176 e. The van der Waals surface area contributed by atoms with E-state index in [1.54, 1.807) is 14.2 Å². The highest BCUT2D eigenvalue weighted by atomic mass is 16.5. The largest absolute Gasteiger partial charge is 0.501 e. The fraction of sp³-hybridized carbons (Fsp3) is 0.484. The van der Waals surface area contributed by atoms with Crippen molar-refractivity contribution in [3.8, 4) is 0 Å². The summed E-state index contributed by atoms with van der Waals surface area (Å²) >= 11 is 0. The average molecular weight is 463 g/mol. The molecule has 2 nitrogen and oxygen atoms in total. The van der Waals surface area contributed by atoms with Gasteiger partial charge in [0.15, 0.2) is 6.71 Å². The van der Waals surface area contributed by atoms with E-state index in [1.807, 2.05) is 6.92 Å². The highest BCUT2D eigenvalue weighted by molar-refractivity contribution is 6.66. The number of hydrogen-bond donors (Lipinski definition) is 0. The van der Waals surface area contributed by atoms with E-state index in [2.05, 4.69) is 98.2 Å². The van der Waals surface area contributed by atoms with E-state index >= 15 is 0 Å². The molecule has 1 heterocycles. The summed E-state index contributed by atoms with van der Waals surface area (Å²) in [5.74, 6) is 5.05. The van der Waals surface area contributed by atoms with E-state index in [-0.39, 0.29) is 0 Å². The lowest BCUT2D eigenvalue weighted by Crippen LogP contribution is -2.23. The summed E-state index contributed by atoms with van der Waals surface area (Å²) in [6.07, 6.45) is 13.4. The van der Waals surface area contributed by atoms with Crippen molar-refractivity contribution in [2.45, 2.75) is 80.9 Å². The van der Waals surface area contributed by atoms with Gasteiger partial charge in [0.25, 0.3) is 0 Å². The number of hydrogen-bond acceptors (Lipinski definition) is 2. The summed E-state index contributed by atoms with van der Waals surface area (Å²) in [7, 11) is 3.48. The number of allylic oxidation sites excluding steroid dienone is 13. The van der Waals surface area contributed by atoms with Crippen LogP contribution in [0.25, 0.3) is 0 Å². The quantitative estimate of drug-likeness (QED) is 0.173. The van der Waals surface area contributed by atoms with Crippen LogP contribution in [-0.4, -0.2) is 20.9 Å². The van der Waals surface area contributed by atoms with Gasteiger partial charge in [-0.3, -0.25) is 0 Å². The molecule has 1 rings (SSSR count). The minimum atomic E-state index is 0.310. The maximum absolute atomic E-state index is 5.66. The molecule has 0 aromatic carbocycles. The number of methoxy groups -OCH3 is 2. The summed E-state index contributed by atoms with van der Waals surface area (Å²) in [6.45, 7) is 24.2. The van der Waals surface area contributed by atoms with Gasteiger partial charge in [0.2, 0.25) is 0 Å². The van der Waals surface area contributed by atoms with Crippen LogP contribution in [0.4, 0.5) is 0 Å². The van der Waals surface area contributed by atoms with Crippen LogP contribution in [0.15, 0.2) is 93.5 Å². The molecule has 2 unspecified atom stereocenters. The fourth-order valence-electron chi connectivity index (χ4n) is 4.60. The average Bonchev–Trinajstić information content (AvgIpc) is 2.80. The Morgan fingerprint density at radius 2 is 1.79 bits per heavy atom. The zero-order chi connectivity index (χ0) is 26.0. The summed E-state index contributed by atoms with van der Waals surface area (Å²) in [5, 5.41) is 0. The van der Waals surface area contributed by atoms with Gasteiger partial charge >= 0.3 is 0 Å². The molecule has 0 spiro atoms. The van der Waals surface area contributed by atoms with Crippen molar-refractivity contribution in [2.75, 3.05) is 14.2 Å². The molecule has 0 radical (unpaired) electrons. The van der Waals surface area contributed by atoms with E-state index < -0.39 is 0 Å². The SMILES string of the molecule is C=C(C)/C(C1=CB(C)C(C(=C\C(C)CC)/C(/C=C\C(OC)=C(\C)CC)=C/C)C(C)=C1)=C(/C)OC. The molecule has 0 saturated heterocycles. The first-order chi connectivity index (χ1) is 16.1. The van der Waals surface area contributed by atoms with Gasteiger partial charge in [-0.2, -0.15) is 0 Å². The van der Waals surface area contributed by atoms with Crippen LogP contribution in [0.5, 0.6) is 0 Å². The molecule has 2 atom stereocenters. The molecule has 0 bridgehead atoms. The third kappa shape index (κ3) is 7.55. The Kier molecular flexibility index (Phi) is 12.3. The second kappa shape index (κ2) is 14.1. The summed E-state index contributed by atoms with van der Waals surface area (Å²) in [4.78, 5) is 0. The summed E-state index contributed by atoms with van der Waals surface area (Å²) in [6, 6.07) is 0. The van der Waals surface area contributed by atoms with E-state index in [0.717, 1.165) is 35.5 Å². The highest BCUT2D eigenvalue weighted by Crippen LogP contribution is 2.42. The molecule has 34 heavy (non-hydrogen) atoms. The lowest BCUT2D eigenvalue weighted by Gasteiger charge is -2.31. The fourth-order valence-corrected chi connectivity index (χ4v) is 4.60. The summed E-state index contributed by atoms with van der Waals surface area (Å²) < 4.78 is 11.3. The molecule has 1 aliphatic heterocycles.